The van der Waals surface area contributed by atoms with E-state index in [9.17, 15) is 9.18 Å². The van der Waals surface area contributed by atoms with Crippen molar-refractivity contribution >= 4 is 18.1 Å². The first-order chi connectivity index (χ1) is 12.9. The van der Waals surface area contributed by atoms with Crippen molar-refractivity contribution in [3.05, 3.63) is 65.4 Å². The van der Waals surface area contributed by atoms with E-state index in [4.69, 9.17) is 0 Å². The SMILES string of the molecule is CC(C)NC(=O)c1ccc(C=Cc2c(-c3ccc(F)cc3)nnn2C)nc1. The quantitative estimate of drug-likeness (QED) is 0.753. The molecule has 0 bridgehead atoms. The summed E-state index contributed by atoms with van der Waals surface area (Å²) in [5.74, 6) is -0.451. The van der Waals surface area contributed by atoms with Gasteiger partial charge in [0, 0.05) is 24.8 Å². The number of aryl methyl sites for hydroxylation is 1. The Morgan fingerprint density at radius 3 is 2.52 bits per heavy atom. The highest BCUT2D eigenvalue weighted by atomic mass is 19.1. The van der Waals surface area contributed by atoms with Crippen molar-refractivity contribution < 1.29 is 9.18 Å². The number of pyridine rings is 1. The van der Waals surface area contributed by atoms with Crippen LogP contribution in [0.15, 0.2) is 42.6 Å². The Kier molecular flexibility index (Phi) is 5.40. The van der Waals surface area contributed by atoms with E-state index in [1.807, 2.05) is 26.0 Å². The van der Waals surface area contributed by atoms with Crippen LogP contribution in [-0.4, -0.2) is 31.9 Å². The molecule has 138 valence electrons. The molecule has 0 saturated carbocycles. The maximum Gasteiger partial charge on any atom is 0.253 e. The molecule has 2 aromatic heterocycles. The van der Waals surface area contributed by atoms with Crippen molar-refractivity contribution in [3.8, 4) is 11.3 Å². The lowest BCUT2D eigenvalue weighted by molar-refractivity contribution is 0.0942. The number of hydrogen-bond acceptors (Lipinski definition) is 4. The molecular formula is C20H20FN5O. The molecular weight excluding hydrogens is 345 g/mol. The number of nitrogens with one attached hydrogen (secondary N) is 1. The second-order valence-corrected chi connectivity index (χ2v) is 6.39. The number of nitrogens with zero attached hydrogens (tertiary/aromatic N) is 4. The zero-order valence-electron chi connectivity index (χ0n) is 15.3. The molecule has 7 heteroatoms. The summed E-state index contributed by atoms with van der Waals surface area (Å²) in [5, 5.41) is 11.0. The van der Waals surface area contributed by atoms with Crippen LogP contribution >= 0.6 is 0 Å². The minimum Gasteiger partial charge on any atom is -0.350 e. The number of carbonyl (C=O) groups is 1. The number of halogens is 1. The van der Waals surface area contributed by atoms with Crippen molar-refractivity contribution in [1.29, 1.82) is 0 Å². The zero-order valence-corrected chi connectivity index (χ0v) is 15.3. The molecule has 0 spiro atoms. The summed E-state index contributed by atoms with van der Waals surface area (Å²) in [6.07, 6.45) is 5.20. The van der Waals surface area contributed by atoms with E-state index in [1.54, 1.807) is 42.2 Å². The first kappa shape index (κ1) is 18.4. The van der Waals surface area contributed by atoms with Gasteiger partial charge in [-0.25, -0.2) is 9.07 Å². The minimum absolute atomic E-state index is 0.0688. The molecule has 1 N–H and O–H groups in total. The van der Waals surface area contributed by atoms with E-state index in [2.05, 4.69) is 20.6 Å². The standard InChI is InChI=1S/C20H20FN5O/c1-13(2)23-20(27)15-6-9-17(22-12-15)10-11-18-19(24-25-26(18)3)14-4-7-16(21)8-5-14/h4-13H,1-3H3,(H,23,27). The number of carbonyl (C=O) groups excluding carboxylic acids is 1. The average molecular weight is 365 g/mol. The predicted octanol–water partition coefficient (Wildman–Crippen LogP) is 3.32. The summed E-state index contributed by atoms with van der Waals surface area (Å²) in [6.45, 7) is 3.81. The van der Waals surface area contributed by atoms with E-state index < -0.39 is 0 Å². The number of amides is 1. The summed E-state index contributed by atoms with van der Waals surface area (Å²) < 4.78 is 14.8. The fourth-order valence-corrected chi connectivity index (χ4v) is 2.51. The van der Waals surface area contributed by atoms with Gasteiger partial charge >= 0.3 is 0 Å². The van der Waals surface area contributed by atoms with Crippen LogP contribution in [0.25, 0.3) is 23.4 Å². The van der Waals surface area contributed by atoms with Crippen molar-refractivity contribution in [1.82, 2.24) is 25.3 Å². The van der Waals surface area contributed by atoms with Crippen LogP contribution in [0.4, 0.5) is 4.39 Å². The Hall–Kier alpha value is -3.35. The zero-order chi connectivity index (χ0) is 19.4. The van der Waals surface area contributed by atoms with Crippen molar-refractivity contribution in [2.75, 3.05) is 0 Å². The fraction of sp³-hybridized carbons (Fsp3) is 0.200. The van der Waals surface area contributed by atoms with Crippen LogP contribution in [0.5, 0.6) is 0 Å². The van der Waals surface area contributed by atoms with Gasteiger partial charge in [-0.05, 0) is 62.4 Å². The van der Waals surface area contributed by atoms with Gasteiger partial charge < -0.3 is 5.32 Å². The van der Waals surface area contributed by atoms with Gasteiger partial charge in [-0.2, -0.15) is 0 Å². The predicted molar refractivity (Wildman–Crippen MR) is 102 cm³/mol. The van der Waals surface area contributed by atoms with Gasteiger partial charge in [0.1, 0.15) is 11.5 Å². The molecule has 27 heavy (non-hydrogen) atoms. The molecule has 0 fully saturated rings. The Balaban J connectivity index is 1.81. The van der Waals surface area contributed by atoms with Crippen LogP contribution in [-0.2, 0) is 7.05 Å². The second-order valence-electron chi connectivity index (χ2n) is 6.39. The van der Waals surface area contributed by atoms with E-state index in [-0.39, 0.29) is 17.8 Å². The first-order valence-electron chi connectivity index (χ1n) is 8.54. The Morgan fingerprint density at radius 1 is 1.15 bits per heavy atom. The van der Waals surface area contributed by atoms with Gasteiger partial charge in [-0.3, -0.25) is 9.78 Å². The number of rotatable bonds is 5. The molecule has 1 aromatic carbocycles. The van der Waals surface area contributed by atoms with Crippen molar-refractivity contribution in [3.63, 3.8) is 0 Å². The molecule has 3 rings (SSSR count). The second kappa shape index (κ2) is 7.90. The third-order valence-electron chi connectivity index (χ3n) is 3.87. The van der Waals surface area contributed by atoms with Gasteiger partial charge in [-0.1, -0.05) is 5.21 Å². The van der Waals surface area contributed by atoms with Crippen molar-refractivity contribution in [2.45, 2.75) is 19.9 Å². The molecule has 0 aliphatic rings. The van der Waals surface area contributed by atoms with Gasteiger partial charge in [-0.15, -0.1) is 5.10 Å². The average Bonchev–Trinajstić information content (AvgIpc) is 3.01. The van der Waals surface area contributed by atoms with Gasteiger partial charge in [0.05, 0.1) is 17.0 Å². The van der Waals surface area contributed by atoms with Crippen LogP contribution in [0.1, 0.15) is 35.6 Å². The molecule has 1 amide bonds. The normalized spacial score (nSPS) is 11.3. The van der Waals surface area contributed by atoms with Gasteiger partial charge in [0.25, 0.3) is 5.91 Å². The minimum atomic E-state index is -0.300. The van der Waals surface area contributed by atoms with Crippen LogP contribution in [0.3, 0.4) is 0 Å². The van der Waals surface area contributed by atoms with Crippen LogP contribution in [0.2, 0.25) is 0 Å². The lowest BCUT2D eigenvalue weighted by Gasteiger charge is -2.07. The number of hydrogen-bond donors (Lipinski definition) is 1. The molecule has 0 unspecified atom stereocenters. The lowest BCUT2D eigenvalue weighted by Crippen LogP contribution is -2.30. The largest absolute Gasteiger partial charge is 0.350 e. The molecule has 0 aliphatic carbocycles. The Morgan fingerprint density at radius 2 is 1.89 bits per heavy atom. The molecule has 2 heterocycles. The summed E-state index contributed by atoms with van der Waals surface area (Å²) >= 11 is 0. The Bertz CT molecular complexity index is 959. The molecule has 0 atom stereocenters. The molecule has 3 aromatic rings. The lowest BCUT2D eigenvalue weighted by atomic mass is 10.1. The fourth-order valence-electron chi connectivity index (χ4n) is 2.51. The topological polar surface area (TPSA) is 72.7 Å². The highest BCUT2D eigenvalue weighted by Gasteiger charge is 2.11. The van der Waals surface area contributed by atoms with E-state index in [1.165, 1.54) is 12.1 Å². The smallest absolute Gasteiger partial charge is 0.253 e. The first-order valence-corrected chi connectivity index (χ1v) is 8.54. The van der Waals surface area contributed by atoms with Crippen molar-refractivity contribution in [2.24, 2.45) is 7.05 Å². The van der Waals surface area contributed by atoms with Gasteiger partial charge in [0.15, 0.2) is 0 Å². The Labute approximate surface area is 156 Å². The van der Waals surface area contributed by atoms with Crippen LogP contribution < -0.4 is 5.32 Å². The van der Waals surface area contributed by atoms with E-state index in [0.29, 0.717) is 17.0 Å². The molecule has 0 saturated heterocycles. The van der Waals surface area contributed by atoms with Gasteiger partial charge in [0.2, 0.25) is 0 Å². The number of aromatic nitrogens is 4. The van der Waals surface area contributed by atoms with Crippen LogP contribution in [0, 0.1) is 5.82 Å². The summed E-state index contributed by atoms with van der Waals surface area (Å²) in [7, 11) is 1.78. The highest BCUT2D eigenvalue weighted by Crippen LogP contribution is 2.22. The molecule has 0 radical (unpaired) electrons. The maximum absolute atomic E-state index is 13.1. The third kappa shape index (κ3) is 4.44. The monoisotopic (exact) mass is 365 g/mol. The summed E-state index contributed by atoms with van der Waals surface area (Å²) in [5.41, 5.74) is 3.40. The third-order valence-corrected chi connectivity index (χ3v) is 3.87. The summed E-state index contributed by atoms with van der Waals surface area (Å²) in [4.78, 5) is 16.3. The van der Waals surface area contributed by atoms with E-state index in [0.717, 1.165) is 11.3 Å². The van der Waals surface area contributed by atoms with E-state index >= 15 is 0 Å². The molecule has 0 aliphatic heterocycles. The summed E-state index contributed by atoms with van der Waals surface area (Å²) in [6, 6.07) is 9.67. The highest BCUT2D eigenvalue weighted by molar-refractivity contribution is 5.94. The number of benzene rings is 1. The molecule has 6 nitrogen and oxygen atoms in total. The maximum atomic E-state index is 13.1.